The van der Waals surface area contributed by atoms with Crippen LogP contribution in [-0.4, -0.2) is 37.2 Å². The van der Waals surface area contributed by atoms with Gasteiger partial charge in [-0.25, -0.2) is 4.98 Å². The van der Waals surface area contributed by atoms with E-state index in [4.69, 9.17) is 18.6 Å². The maximum atomic E-state index is 12.6. The third-order valence-corrected chi connectivity index (χ3v) is 4.77. The number of oxazole rings is 1. The molecule has 0 spiro atoms. The number of amides is 1. The molecule has 0 fully saturated rings. The number of nitrogens with one attached hydrogen (secondary N) is 1. The largest absolute Gasteiger partial charge is 0.493 e. The van der Waals surface area contributed by atoms with E-state index in [1.54, 1.807) is 30.6 Å². The molecule has 4 aromatic rings. The highest BCUT2D eigenvalue weighted by Crippen LogP contribution is 2.38. The second-order valence-electron chi connectivity index (χ2n) is 6.66. The third kappa shape index (κ3) is 4.13. The zero-order valence-electron chi connectivity index (χ0n) is 17.3. The lowest BCUT2D eigenvalue weighted by atomic mass is 10.1. The van der Waals surface area contributed by atoms with Crippen molar-refractivity contribution in [2.75, 3.05) is 21.3 Å². The van der Waals surface area contributed by atoms with Crippen LogP contribution in [0.5, 0.6) is 17.2 Å². The second kappa shape index (κ2) is 8.74. The van der Waals surface area contributed by atoms with Crippen molar-refractivity contribution in [1.82, 2.24) is 15.3 Å². The topological polar surface area (TPSA) is 95.7 Å². The number of carbonyl (C=O) groups excluding carboxylic acids is 1. The average molecular weight is 419 g/mol. The highest BCUT2D eigenvalue weighted by molar-refractivity contribution is 5.95. The van der Waals surface area contributed by atoms with Crippen LogP contribution in [0.2, 0.25) is 0 Å². The lowest BCUT2D eigenvalue weighted by molar-refractivity contribution is 0.0950. The van der Waals surface area contributed by atoms with E-state index in [9.17, 15) is 4.79 Å². The zero-order chi connectivity index (χ0) is 21.8. The predicted molar refractivity (Wildman–Crippen MR) is 115 cm³/mol. The summed E-state index contributed by atoms with van der Waals surface area (Å²) in [6, 6.07) is 12.6. The van der Waals surface area contributed by atoms with Crippen molar-refractivity contribution >= 4 is 17.0 Å². The first kappa shape index (κ1) is 20.2. The van der Waals surface area contributed by atoms with E-state index in [0.717, 1.165) is 11.1 Å². The van der Waals surface area contributed by atoms with Gasteiger partial charge in [0.2, 0.25) is 11.6 Å². The molecule has 0 radical (unpaired) electrons. The molecule has 8 nitrogen and oxygen atoms in total. The Balaban J connectivity index is 1.46. The maximum absolute atomic E-state index is 12.6. The van der Waals surface area contributed by atoms with Crippen LogP contribution in [0.3, 0.4) is 0 Å². The highest BCUT2D eigenvalue weighted by Gasteiger charge is 2.17. The summed E-state index contributed by atoms with van der Waals surface area (Å²) in [5.74, 6) is 1.55. The molecule has 0 bridgehead atoms. The number of hydrogen-bond acceptors (Lipinski definition) is 7. The van der Waals surface area contributed by atoms with Gasteiger partial charge in [0.15, 0.2) is 17.1 Å². The van der Waals surface area contributed by atoms with Crippen molar-refractivity contribution in [2.45, 2.75) is 6.54 Å². The van der Waals surface area contributed by atoms with Gasteiger partial charge in [-0.1, -0.05) is 12.1 Å². The van der Waals surface area contributed by atoms with E-state index in [1.165, 1.54) is 21.3 Å². The van der Waals surface area contributed by atoms with Gasteiger partial charge in [-0.3, -0.25) is 9.78 Å². The van der Waals surface area contributed by atoms with Crippen LogP contribution in [0.25, 0.3) is 22.6 Å². The number of pyridine rings is 1. The van der Waals surface area contributed by atoms with E-state index in [0.29, 0.717) is 46.3 Å². The van der Waals surface area contributed by atoms with Gasteiger partial charge in [0, 0.05) is 29.9 Å². The van der Waals surface area contributed by atoms with E-state index in [2.05, 4.69) is 15.3 Å². The fraction of sp³-hybridized carbons (Fsp3) is 0.174. The molecule has 0 aliphatic carbocycles. The van der Waals surface area contributed by atoms with Gasteiger partial charge in [-0.15, -0.1) is 0 Å². The van der Waals surface area contributed by atoms with Gasteiger partial charge in [-0.05, 0) is 29.8 Å². The molecule has 0 saturated heterocycles. The van der Waals surface area contributed by atoms with E-state index >= 15 is 0 Å². The van der Waals surface area contributed by atoms with Gasteiger partial charge in [0.05, 0.1) is 27.5 Å². The summed E-state index contributed by atoms with van der Waals surface area (Å²) in [7, 11) is 4.53. The number of fused-ring (bicyclic) bond motifs is 1. The summed E-state index contributed by atoms with van der Waals surface area (Å²) in [5, 5.41) is 2.90. The Morgan fingerprint density at radius 1 is 1.00 bits per heavy atom. The van der Waals surface area contributed by atoms with Crippen LogP contribution in [-0.2, 0) is 6.54 Å². The molecule has 2 aromatic carbocycles. The molecule has 1 amide bonds. The molecule has 8 heteroatoms. The zero-order valence-corrected chi connectivity index (χ0v) is 17.3. The first-order valence-corrected chi connectivity index (χ1v) is 9.51. The highest BCUT2D eigenvalue weighted by atomic mass is 16.5. The Hall–Kier alpha value is -4.07. The Morgan fingerprint density at radius 2 is 1.71 bits per heavy atom. The van der Waals surface area contributed by atoms with Crippen molar-refractivity contribution in [3.05, 3.63) is 66.0 Å². The van der Waals surface area contributed by atoms with Crippen molar-refractivity contribution in [3.63, 3.8) is 0 Å². The fourth-order valence-corrected chi connectivity index (χ4v) is 3.17. The second-order valence-corrected chi connectivity index (χ2v) is 6.66. The van der Waals surface area contributed by atoms with Gasteiger partial charge < -0.3 is 23.9 Å². The summed E-state index contributed by atoms with van der Waals surface area (Å²) < 4.78 is 21.7. The Labute approximate surface area is 178 Å². The van der Waals surface area contributed by atoms with Crippen molar-refractivity contribution in [3.8, 4) is 28.7 Å². The SMILES string of the molecule is COc1cc(C(=O)NCc2ccc(-c3nc4cnccc4o3)cc2)cc(OC)c1OC. The Kier molecular flexibility index (Phi) is 5.70. The molecule has 0 atom stereocenters. The number of ether oxygens (including phenoxy) is 3. The van der Waals surface area contributed by atoms with E-state index in [-0.39, 0.29) is 5.91 Å². The lowest BCUT2D eigenvalue weighted by Gasteiger charge is -2.14. The minimum Gasteiger partial charge on any atom is -0.493 e. The smallest absolute Gasteiger partial charge is 0.251 e. The Morgan fingerprint density at radius 3 is 2.32 bits per heavy atom. The van der Waals surface area contributed by atoms with E-state index in [1.807, 2.05) is 24.3 Å². The number of rotatable bonds is 7. The predicted octanol–water partition coefficient (Wildman–Crippen LogP) is 3.85. The lowest BCUT2D eigenvalue weighted by Crippen LogP contribution is -2.22. The number of aromatic nitrogens is 2. The quantitative estimate of drug-likeness (QED) is 0.486. The molecule has 4 rings (SSSR count). The average Bonchev–Trinajstić information content (AvgIpc) is 3.26. The first-order valence-electron chi connectivity index (χ1n) is 9.51. The van der Waals surface area contributed by atoms with E-state index < -0.39 is 0 Å². The molecule has 31 heavy (non-hydrogen) atoms. The Bertz CT molecular complexity index is 1160. The van der Waals surface area contributed by atoms with Crippen LogP contribution in [0.1, 0.15) is 15.9 Å². The normalized spacial score (nSPS) is 10.7. The molecule has 158 valence electrons. The van der Waals surface area contributed by atoms with Gasteiger partial charge in [0.1, 0.15) is 5.52 Å². The van der Waals surface area contributed by atoms with Crippen LogP contribution < -0.4 is 19.5 Å². The van der Waals surface area contributed by atoms with Gasteiger partial charge in [-0.2, -0.15) is 0 Å². The molecular weight excluding hydrogens is 398 g/mol. The minimum atomic E-state index is -0.255. The molecule has 0 aliphatic heterocycles. The van der Waals surface area contributed by atoms with Crippen molar-refractivity contribution in [2.24, 2.45) is 0 Å². The van der Waals surface area contributed by atoms with Crippen LogP contribution in [0.4, 0.5) is 0 Å². The number of carbonyl (C=O) groups is 1. The fourth-order valence-electron chi connectivity index (χ4n) is 3.17. The standard InChI is InChI=1S/C23H21N3O5/c1-28-19-10-16(11-20(29-2)21(19)30-3)22(27)25-12-14-4-6-15(7-5-14)23-26-17-13-24-9-8-18(17)31-23/h4-11,13H,12H2,1-3H3,(H,25,27). The summed E-state index contributed by atoms with van der Waals surface area (Å²) in [6.45, 7) is 0.354. The number of benzene rings is 2. The molecule has 0 unspecified atom stereocenters. The first-order chi connectivity index (χ1) is 15.1. The van der Waals surface area contributed by atoms with Crippen LogP contribution in [0.15, 0.2) is 59.3 Å². The molecule has 2 aromatic heterocycles. The van der Waals surface area contributed by atoms with Gasteiger partial charge >= 0.3 is 0 Å². The van der Waals surface area contributed by atoms with Crippen LogP contribution in [0, 0.1) is 0 Å². The van der Waals surface area contributed by atoms with Gasteiger partial charge in [0.25, 0.3) is 5.91 Å². The van der Waals surface area contributed by atoms with Crippen LogP contribution >= 0.6 is 0 Å². The molecule has 0 aliphatic rings. The number of nitrogens with zero attached hydrogens (tertiary/aromatic N) is 2. The number of hydrogen-bond donors (Lipinski definition) is 1. The molecule has 0 saturated carbocycles. The number of methoxy groups -OCH3 is 3. The minimum absolute atomic E-state index is 0.255. The monoisotopic (exact) mass is 419 g/mol. The summed E-state index contributed by atoms with van der Waals surface area (Å²) >= 11 is 0. The molecule has 1 N–H and O–H groups in total. The maximum Gasteiger partial charge on any atom is 0.251 e. The third-order valence-electron chi connectivity index (χ3n) is 4.77. The summed E-state index contributed by atoms with van der Waals surface area (Å²) in [4.78, 5) is 21.1. The summed E-state index contributed by atoms with van der Waals surface area (Å²) in [5.41, 5.74) is 3.58. The van der Waals surface area contributed by atoms with Crippen molar-refractivity contribution in [1.29, 1.82) is 0 Å². The summed E-state index contributed by atoms with van der Waals surface area (Å²) in [6.07, 6.45) is 3.33. The molecule has 2 heterocycles. The van der Waals surface area contributed by atoms with Crippen molar-refractivity contribution < 1.29 is 23.4 Å². The molecular formula is C23H21N3O5.